The van der Waals surface area contributed by atoms with E-state index in [1.807, 2.05) is 13.0 Å². The summed E-state index contributed by atoms with van der Waals surface area (Å²) in [7, 11) is 0. The van der Waals surface area contributed by atoms with E-state index >= 15 is 0 Å². The van der Waals surface area contributed by atoms with Crippen molar-refractivity contribution in [2.45, 2.75) is 18.1 Å². The number of carbonyl (C=O) groups excluding carboxylic acids is 1. The second-order valence-corrected chi connectivity index (χ2v) is 8.00. The van der Waals surface area contributed by atoms with E-state index in [0.29, 0.717) is 32.5 Å². The lowest BCUT2D eigenvalue weighted by Gasteiger charge is -2.14. The number of nitrogens with one attached hydrogen (secondary N) is 1. The summed E-state index contributed by atoms with van der Waals surface area (Å²) in [5, 5.41) is 4.31. The smallest absolute Gasteiger partial charge is 0.266 e. The van der Waals surface area contributed by atoms with Gasteiger partial charge in [-0.05, 0) is 49.4 Å². The molecule has 0 spiro atoms. The number of aromatic nitrogens is 2. The second-order valence-electron chi connectivity index (χ2n) is 6.63. The van der Waals surface area contributed by atoms with Crippen LogP contribution in [-0.2, 0) is 4.79 Å². The van der Waals surface area contributed by atoms with Gasteiger partial charge in [0.05, 0.1) is 34.6 Å². The number of thioether (sulfide) groups is 1. The minimum absolute atomic E-state index is 0.0936. The molecule has 0 fully saturated rings. The van der Waals surface area contributed by atoms with Gasteiger partial charge < -0.3 is 9.73 Å². The van der Waals surface area contributed by atoms with Crippen molar-refractivity contribution in [3.8, 4) is 5.69 Å². The molecule has 1 unspecified atom stereocenters. The highest BCUT2D eigenvalue weighted by Gasteiger charge is 2.17. The number of halogens is 1. The molecule has 4 aromatic rings. The van der Waals surface area contributed by atoms with Gasteiger partial charge in [-0.3, -0.25) is 14.2 Å². The molecular weight excluding hydrogens is 422 g/mol. The van der Waals surface area contributed by atoms with Gasteiger partial charge in [-0.25, -0.2) is 4.98 Å². The van der Waals surface area contributed by atoms with Gasteiger partial charge >= 0.3 is 0 Å². The molecule has 2 aromatic heterocycles. The van der Waals surface area contributed by atoms with Crippen molar-refractivity contribution in [3.05, 3.63) is 88.1 Å². The third-order valence-electron chi connectivity index (χ3n) is 4.49. The fourth-order valence-corrected chi connectivity index (χ4v) is 4.08. The van der Waals surface area contributed by atoms with E-state index in [2.05, 4.69) is 10.3 Å². The molecule has 2 heterocycles. The van der Waals surface area contributed by atoms with Gasteiger partial charge in [0.15, 0.2) is 5.16 Å². The van der Waals surface area contributed by atoms with Gasteiger partial charge in [-0.1, -0.05) is 41.6 Å². The molecule has 152 valence electrons. The summed E-state index contributed by atoms with van der Waals surface area (Å²) in [6.07, 6.45) is 1.56. The topological polar surface area (TPSA) is 77.1 Å². The monoisotopic (exact) mass is 439 g/mol. The van der Waals surface area contributed by atoms with Crippen LogP contribution >= 0.6 is 23.4 Å². The van der Waals surface area contributed by atoms with Crippen LogP contribution in [0.2, 0.25) is 5.02 Å². The van der Waals surface area contributed by atoms with Crippen LogP contribution in [0.5, 0.6) is 0 Å². The molecule has 0 aliphatic rings. The molecule has 8 heteroatoms. The van der Waals surface area contributed by atoms with Crippen molar-refractivity contribution in [2.75, 3.05) is 5.75 Å². The molecule has 30 heavy (non-hydrogen) atoms. The van der Waals surface area contributed by atoms with E-state index in [1.165, 1.54) is 16.3 Å². The lowest BCUT2D eigenvalue weighted by molar-refractivity contribution is -0.119. The van der Waals surface area contributed by atoms with E-state index in [0.717, 1.165) is 0 Å². The Morgan fingerprint density at radius 1 is 1.20 bits per heavy atom. The molecule has 1 amide bonds. The first-order valence-electron chi connectivity index (χ1n) is 9.26. The largest absolute Gasteiger partial charge is 0.467 e. The molecule has 6 nitrogen and oxygen atoms in total. The number of furan rings is 1. The quantitative estimate of drug-likeness (QED) is 0.351. The molecule has 0 aliphatic carbocycles. The van der Waals surface area contributed by atoms with E-state index in [1.54, 1.807) is 60.9 Å². The van der Waals surface area contributed by atoms with Crippen molar-refractivity contribution in [3.63, 3.8) is 0 Å². The lowest BCUT2D eigenvalue weighted by Crippen LogP contribution is -2.28. The third-order valence-corrected chi connectivity index (χ3v) is 5.66. The average molecular weight is 440 g/mol. The summed E-state index contributed by atoms with van der Waals surface area (Å²) >= 11 is 7.33. The Morgan fingerprint density at radius 2 is 2.03 bits per heavy atom. The van der Waals surface area contributed by atoms with Crippen LogP contribution in [-0.4, -0.2) is 21.2 Å². The Morgan fingerprint density at radius 3 is 2.80 bits per heavy atom. The van der Waals surface area contributed by atoms with Crippen molar-refractivity contribution >= 4 is 40.2 Å². The van der Waals surface area contributed by atoms with Crippen molar-refractivity contribution in [2.24, 2.45) is 0 Å². The van der Waals surface area contributed by atoms with Gasteiger partial charge in [-0.2, -0.15) is 0 Å². The highest BCUT2D eigenvalue weighted by molar-refractivity contribution is 7.99. The molecule has 0 saturated heterocycles. The molecule has 1 N–H and O–H groups in total. The predicted molar refractivity (Wildman–Crippen MR) is 118 cm³/mol. The standard InChI is InChI=1S/C22H18ClN3O3S/c1-14(19-10-5-11-29-19)24-20(27)13-30-22-25-18-9-3-2-8-17(18)21(28)26(22)16-7-4-6-15(23)12-16/h2-12,14H,13H2,1H3,(H,24,27). The van der Waals surface area contributed by atoms with Gasteiger partial charge in [0.25, 0.3) is 5.56 Å². The molecule has 2 aromatic carbocycles. The van der Waals surface area contributed by atoms with Gasteiger partial charge in [-0.15, -0.1) is 0 Å². The maximum atomic E-state index is 13.2. The number of para-hydroxylation sites is 1. The highest BCUT2D eigenvalue weighted by Crippen LogP contribution is 2.23. The number of amides is 1. The van der Waals surface area contributed by atoms with Crippen LogP contribution in [0.4, 0.5) is 0 Å². The first-order chi connectivity index (χ1) is 14.5. The maximum Gasteiger partial charge on any atom is 0.266 e. The number of rotatable bonds is 6. The number of hydrogen-bond acceptors (Lipinski definition) is 5. The van der Waals surface area contributed by atoms with Crippen LogP contribution < -0.4 is 10.9 Å². The third kappa shape index (κ3) is 4.27. The van der Waals surface area contributed by atoms with Crippen LogP contribution in [0, 0.1) is 0 Å². The summed E-state index contributed by atoms with van der Waals surface area (Å²) in [5.41, 5.74) is 0.958. The molecule has 4 rings (SSSR count). The fourth-order valence-electron chi connectivity index (χ4n) is 3.07. The minimum atomic E-state index is -0.257. The maximum absolute atomic E-state index is 13.2. The Hall–Kier alpha value is -3.03. The van der Waals surface area contributed by atoms with E-state index in [4.69, 9.17) is 16.0 Å². The second kappa shape index (κ2) is 8.77. The van der Waals surface area contributed by atoms with Crippen LogP contribution in [0.15, 0.2) is 81.3 Å². The fraction of sp³-hybridized carbons (Fsp3) is 0.136. The predicted octanol–water partition coefficient (Wildman–Crippen LogP) is 4.60. The molecule has 0 saturated carbocycles. The van der Waals surface area contributed by atoms with Gasteiger partial charge in [0.2, 0.25) is 5.91 Å². The summed E-state index contributed by atoms with van der Waals surface area (Å²) in [6, 6.07) is 17.4. The van der Waals surface area contributed by atoms with Crippen LogP contribution in [0.3, 0.4) is 0 Å². The Labute approximate surface area is 181 Å². The molecule has 0 aliphatic heterocycles. The number of nitrogens with zero attached hydrogens (tertiary/aromatic N) is 2. The zero-order valence-electron chi connectivity index (χ0n) is 16.0. The first-order valence-corrected chi connectivity index (χ1v) is 10.6. The summed E-state index contributed by atoms with van der Waals surface area (Å²) < 4.78 is 6.81. The van der Waals surface area contributed by atoms with E-state index < -0.39 is 0 Å². The minimum Gasteiger partial charge on any atom is -0.467 e. The zero-order chi connectivity index (χ0) is 21.1. The van der Waals surface area contributed by atoms with Crippen molar-refractivity contribution in [1.82, 2.24) is 14.9 Å². The number of benzene rings is 2. The Balaban J connectivity index is 1.65. The highest BCUT2D eigenvalue weighted by atomic mass is 35.5. The van der Waals surface area contributed by atoms with Gasteiger partial charge in [0.1, 0.15) is 5.76 Å². The van der Waals surface area contributed by atoms with E-state index in [-0.39, 0.29) is 23.3 Å². The Bertz CT molecular complexity index is 1250. The summed E-state index contributed by atoms with van der Waals surface area (Å²) in [6.45, 7) is 1.84. The van der Waals surface area contributed by atoms with Crippen LogP contribution in [0.1, 0.15) is 18.7 Å². The van der Waals surface area contributed by atoms with Crippen LogP contribution in [0.25, 0.3) is 16.6 Å². The molecule has 0 bridgehead atoms. The molecule has 1 atom stereocenters. The Kier molecular flexibility index (Phi) is 5.92. The number of carbonyl (C=O) groups is 1. The lowest BCUT2D eigenvalue weighted by atomic mass is 10.2. The molecular formula is C22H18ClN3O3S. The summed E-state index contributed by atoms with van der Waals surface area (Å²) in [5.74, 6) is 0.577. The van der Waals surface area contributed by atoms with Gasteiger partial charge in [0, 0.05) is 5.02 Å². The first kappa shape index (κ1) is 20.3. The zero-order valence-corrected chi connectivity index (χ0v) is 17.6. The summed E-state index contributed by atoms with van der Waals surface area (Å²) in [4.78, 5) is 30.3. The SMILES string of the molecule is CC(NC(=O)CSc1nc2ccccc2c(=O)n1-c1cccc(Cl)c1)c1ccco1. The number of fused-ring (bicyclic) bond motifs is 1. The molecule has 0 radical (unpaired) electrons. The number of hydrogen-bond donors (Lipinski definition) is 1. The van der Waals surface area contributed by atoms with E-state index in [9.17, 15) is 9.59 Å². The van der Waals surface area contributed by atoms with Crippen molar-refractivity contribution in [1.29, 1.82) is 0 Å². The normalized spacial score (nSPS) is 12.1. The van der Waals surface area contributed by atoms with Crippen molar-refractivity contribution < 1.29 is 9.21 Å². The average Bonchev–Trinajstić information content (AvgIpc) is 3.27.